The fraction of sp³-hybridized carbons (Fsp3) is 0.211. The fourth-order valence-electron chi connectivity index (χ4n) is 2.82. The monoisotopic (exact) mass is 365 g/mol. The van der Waals surface area contributed by atoms with Crippen molar-refractivity contribution in [2.24, 2.45) is 0 Å². The SMILES string of the molecule is CCc1nc(SCc2nc3ccccc3n2-c2ccc(OC)cc2)n[nH]1. The molecule has 0 saturated heterocycles. The average molecular weight is 365 g/mol. The second-order valence-corrected chi connectivity index (χ2v) is 6.70. The van der Waals surface area contributed by atoms with Gasteiger partial charge in [0.2, 0.25) is 5.16 Å². The van der Waals surface area contributed by atoms with Gasteiger partial charge in [0.05, 0.1) is 23.9 Å². The molecule has 0 radical (unpaired) electrons. The Hall–Kier alpha value is -2.80. The predicted octanol–water partition coefficient (Wildman–Crippen LogP) is 4.01. The van der Waals surface area contributed by atoms with E-state index in [9.17, 15) is 0 Å². The smallest absolute Gasteiger partial charge is 0.208 e. The molecule has 0 aliphatic rings. The summed E-state index contributed by atoms with van der Waals surface area (Å²) in [6.45, 7) is 2.05. The number of imidazole rings is 1. The Morgan fingerprint density at radius 2 is 1.88 bits per heavy atom. The summed E-state index contributed by atoms with van der Waals surface area (Å²) < 4.78 is 7.45. The summed E-state index contributed by atoms with van der Waals surface area (Å²) >= 11 is 1.58. The van der Waals surface area contributed by atoms with Crippen LogP contribution in [0.1, 0.15) is 18.6 Å². The Morgan fingerprint density at radius 3 is 2.62 bits per heavy atom. The van der Waals surface area contributed by atoms with Crippen LogP contribution in [0.5, 0.6) is 5.75 Å². The predicted molar refractivity (Wildman–Crippen MR) is 103 cm³/mol. The van der Waals surface area contributed by atoms with Gasteiger partial charge in [-0.2, -0.15) is 0 Å². The first-order chi connectivity index (χ1) is 12.8. The molecular weight excluding hydrogens is 346 g/mol. The highest BCUT2D eigenvalue weighted by molar-refractivity contribution is 7.98. The van der Waals surface area contributed by atoms with Crippen molar-refractivity contribution < 1.29 is 4.74 Å². The van der Waals surface area contributed by atoms with E-state index in [0.717, 1.165) is 45.7 Å². The molecule has 26 heavy (non-hydrogen) atoms. The van der Waals surface area contributed by atoms with E-state index < -0.39 is 0 Å². The number of H-pyrrole nitrogens is 1. The summed E-state index contributed by atoms with van der Waals surface area (Å²) in [5.74, 6) is 3.38. The highest BCUT2D eigenvalue weighted by Gasteiger charge is 2.14. The minimum atomic E-state index is 0.682. The number of benzene rings is 2. The van der Waals surface area contributed by atoms with Crippen molar-refractivity contribution >= 4 is 22.8 Å². The van der Waals surface area contributed by atoms with Crippen LogP contribution < -0.4 is 4.74 Å². The van der Waals surface area contributed by atoms with Crippen LogP contribution in [-0.4, -0.2) is 31.8 Å². The highest BCUT2D eigenvalue weighted by atomic mass is 32.2. The number of aryl methyl sites for hydroxylation is 1. The van der Waals surface area contributed by atoms with E-state index in [1.165, 1.54) is 0 Å². The van der Waals surface area contributed by atoms with Gasteiger partial charge in [0.25, 0.3) is 0 Å². The van der Waals surface area contributed by atoms with Crippen molar-refractivity contribution in [3.8, 4) is 11.4 Å². The number of aromatic amines is 1. The molecule has 0 aliphatic heterocycles. The molecule has 0 spiro atoms. The zero-order chi connectivity index (χ0) is 17.9. The standard InChI is InChI=1S/C19H19N5OS/c1-3-17-21-19(23-22-17)26-12-18-20-15-6-4-5-7-16(15)24(18)13-8-10-14(25-2)11-9-13/h4-11H,3,12H2,1-2H3,(H,21,22,23). The van der Waals surface area contributed by atoms with Crippen LogP contribution in [0.25, 0.3) is 16.7 Å². The van der Waals surface area contributed by atoms with E-state index in [-0.39, 0.29) is 0 Å². The maximum Gasteiger partial charge on any atom is 0.208 e. The van der Waals surface area contributed by atoms with E-state index >= 15 is 0 Å². The number of aromatic nitrogens is 5. The lowest BCUT2D eigenvalue weighted by molar-refractivity contribution is 0.414. The van der Waals surface area contributed by atoms with Gasteiger partial charge >= 0.3 is 0 Å². The molecule has 7 heteroatoms. The molecule has 132 valence electrons. The van der Waals surface area contributed by atoms with Gasteiger partial charge in [-0.1, -0.05) is 30.8 Å². The number of methoxy groups -OCH3 is 1. The van der Waals surface area contributed by atoms with Crippen molar-refractivity contribution in [1.29, 1.82) is 0 Å². The summed E-state index contributed by atoms with van der Waals surface area (Å²) in [6, 6.07) is 16.2. The van der Waals surface area contributed by atoms with Gasteiger partial charge in [0.1, 0.15) is 17.4 Å². The third-order valence-corrected chi connectivity index (χ3v) is 4.98. The third-order valence-electron chi connectivity index (χ3n) is 4.14. The van der Waals surface area contributed by atoms with Gasteiger partial charge < -0.3 is 4.74 Å². The van der Waals surface area contributed by atoms with Crippen molar-refractivity contribution in [2.45, 2.75) is 24.3 Å². The normalized spacial score (nSPS) is 11.2. The van der Waals surface area contributed by atoms with Gasteiger partial charge in [-0.05, 0) is 36.4 Å². The molecule has 6 nitrogen and oxygen atoms in total. The van der Waals surface area contributed by atoms with Crippen molar-refractivity contribution in [1.82, 2.24) is 24.7 Å². The zero-order valence-electron chi connectivity index (χ0n) is 14.6. The molecule has 4 aromatic rings. The topological polar surface area (TPSA) is 68.6 Å². The van der Waals surface area contributed by atoms with Gasteiger partial charge in [0, 0.05) is 12.1 Å². The molecule has 2 aromatic carbocycles. The molecule has 0 bridgehead atoms. The Labute approximate surface area is 155 Å². The molecule has 2 aromatic heterocycles. The number of ether oxygens (including phenoxy) is 1. The van der Waals surface area contributed by atoms with Crippen LogP contribution in [-0.2, 0) is 12.2 Å². The first kappa shape index (κ1) is 16.7. The summed E-state index contributed by atoms with van der Waals surface area (Å²) in [7, 11) is 1.67. The van der Waals surface area contributed by atoms with E-state index in [2.05, 4.69) is 32.7 Å². The number of hydrogen-bond donors (Lipinski definition) is 1. The molecule has 0 amide bonds. The summed E-state index contributed by atoms with van der Waals surface area (Å²) in [5, 5.41) is 7.95. The molecule has 0 fully saturated rings. The van der Waals surface area contributed by atoms with Crippen LogP contribution in [0.2, 0.25) is 0 Å². The first-order valence-electron chi connectivity index (χ1n) is 8.43. The molecular formula is C19H19N5OS. The van der Waals surface area contributed by atoms with Crippen LogP contribution in [0.4, 0.5) is 0 Å². The van der Waals surface area contributed by atoms with Crippen molar-refractivity contribution in [3.05, 3.63) is 60.2 Å². The van der Waals surface area contributed by atoms with Crippen LogP contribution in [0, 0.1) is 0 Å². The lowest BCUT2D eigenvalue weighted by Crippen LogP contribution is -2.00. The van der Waals surface area contributed by atoms with Gasteiger partial charge in [-0.25, -0.2) is 9.97 Å². The molecule has 0 saturated carbocycles. The zero-order valence-corrected chi connectivity index (χ0v) is 15.5. The Bertz CT molecular complexity index is 1020. The number of rotatable bonds is 6. The number of thioether (sulfide) groups is 1. The number of nitrogens with zero attached hydrogens (tertiary/aromatic N) is 4. The minimum Gasteiger partial charge on any atom is -0.497 e. The van der Waals surface area contributed by atoms with E-state index in [0.29, 0.717) is 5.75 Å². The van der Waals surface area contributed by atoms with Gasteiger partial charge in [0.15, 0.2) is 0 Å². The third kappa shape index (κ3) is 3.17. The Kier molecular flexibility index (Phi) is 4.62. The fourth-order valence-corrected chi connectivity index (χ4v) is 3.56. The lowest BCUT2D eigenvalue weighted by atomic mass is 10.2. The average Bonchev–Trinajstić information content (AvgIpc) is 3.30. The van der Waals surface area contributed by atoms with E-state index in [1.54, 1.807) is 18.9 Å². The van der Waals surface area contributed by atoms with Gasteiger partial charge in [-0.3, -0.25) is 9.67 Å². The Morgan fingerprint density at radius 1 is 1.08 bits per heavy atom. The highest BCUT2D eigenvalue weighted by Crippen LogP contribution is 2.27. The quantitative estimate of drug-likeness (QED) is 0.523. The Balaban J connectivity index is 1.70. The number of para-hydroxylation sites is 2. The van der Waals surface area contributed by atoms with Crippen LogP contribution in [0.15, 0.2) is 53.7 Å². The van der Waals surface area contributed by atoms with Crippen LogP contribution >= 0.6 is 11.8 Å². The minimum absolute atomic E-state index is 0.682. The molecule has 4 rings (SSSR count). The number of hydrogen-bond acceptors (Lipinski definition) is 5. The second kappa shape index (κ2) is 7.21. The van der Waals surface area contributed by atoms with E-state index in [4.69, 9.17) is 9.72 Å². The maximum absolute atomic E-state index is 5.27. The van der Waals surface area contributed by atoms with Crippen LogP contribution in [0.3, 0.4) is 0 Å². The van der Waals surface area contributed by atoms with Crippen molar-refractivity contribution in [3.63, 3.8) is 0 Å². The summed E-state index contributed by atoms with van der Waals surface area (Å²) in [5.41, 5.74) is 3.11. The molecule has 1 N–H and O–H groups in total. The molecule has 0 unspecified atom stereocenters. The van der Waals surface area contributed by atoms with Crippen molar-refractivity contribution in [2.75, 3.05) is 7.11 Å². The summed E-state index contributed by atoms with van der Waals surface area (Å²) in [4.78, 5) is 9.28. The molecule has 2 heterocycles. The number of nitrogens with one attached hydrogen (secondary N) is 1. The first-order valence-corrected chi connectivity index (χ1v) is 9.42. The largest absolute Gasteiger partial charge is 0.497 e. The number of fused-ring (bicyclic) bond motifs is 1. The maximum atomic E-state index is 5.27. The molecule has 0 atom stereocenters. The lowest BCUT2D eigenvalue weighted by Gasteiger charge is -2.09. The van der Waals surface area contributed by atoms with E-state index in [1.807, 2.05) is 42.5 Å². The second-order valence-electron chi connectivity index (χ2n) is 5.76. The van der Waals surface area contributed by atoms with Gasteiger partial charge in [-0.15, -0.1) is 5.10 Å². The summed E-state index contributed by atoms with van der Waals surface area (Å²) in [6.07, 6.45) is 0.845. The molecule has 0 aliphatic carbocycles.